The topological polar surface area (TPSA) is 37.3 Å². The summed E-state index contributed by atoms with van der Waals surface area (Å²) in [6, 6.07) is 9.50. The Labute approximate surface area is 128 Å². The van der Waals surface area contributed by atoms with Crippen LogP contribution in [0.25, 0.3) is 0 Å². The van der Waals surface area contributed by atoms with Gasteiger partial charge in [-0.25, -0.2) is 0 Å². The van der Waals surface area contributed by atoms with Crippen molar-refractivity contribution in [2.24, 2.45) is 5.92 Å². The van der Waals surface area contributed by atoms with E-state index in [-0.39, 0.29) is 38.6 Å². The third kappa shape index (κ3) is 3.89. The Kier molecular flexibility index (Phi) is 5.81. The number of hydrogen-bond acceptors (Lipinski definition) is 1. The molecular weight excluding hydrogens is 289 g/mol. The van der Waals surface area contributed by atoms with E-state index in [1.165, 1.54) is 5.56 Å². The molecule has 2 nitrogen and oxygen atoms in total. The first-order chi connectivity index (χ1) is 7.66. The summed E-state index contributed by atoms with van der Waals surface area (Å²) in [5.74, 6) is -0.216. The van der Waals surface area contributed by atoms with E-state index >= 15 is 0 Å². The molecule has 0 saturated heterocycles. The SMILES string of the molecule is Cc1[c-]cc(C2CCC(C(=O)O)CC2)cc1.[Y]. The molecule has 1 N–H and O–H groups in total. The molecule has 1 aromatic carbocycles. The second kappa shape index (κ2) is 6.65. The van der Waals surface area contributed by atoms with Gasteiger partial charge in [-0.3, -0.25) is 4.79 Å². The summed E-state index contributed by atoms with van der Waals surface area (Å²) in [6.07, 6.45) is 3.61. The number of rotatable bonds is 2. The fourth-order valence-electron chi connectivity index (χ4n) is 2.44. The molecule has 0 spiro atoms. The van der Waals surface area contributed by atoms with Crippen LogP contribution in [0.5, 0.6) is 0 Å². The van der Waals surface area contributed by atoms with Crippen molar-refractivity contribution in [3.05, 3.63) is 35.4 Å². The van der Waals surface area contributed by atoms with Gasteiger partial charge >= 0.3 is 5.97 Å². The Bertz CT molecular complexity index is 364. The maximum absolute atomic E-state index is 10.8. The number of carboxylic acids is 1. The van der Waals surface area contributed by atoms with Crippen LogP contribution in [0.15, 0.2) is 18.2 Å². The van der Waals surface area contributed by atoms with E-state index in [4.69, 9.17) is 5.11 Å². The number of hydrogen-bond donors (Lipinski definition) is 1. The summed E-state index contributed by atoms with van der Waals surface area (Å²) in [5.41, 5.74) is 2.47. The molecule has 0 atom stereocenters. The first-order valence-corrected chi connectivity index (χ1v) is 5.88. The molecule has 0 aliphatic heterocycles. The average molecular weight is 306 g/mol. The van der Waals surface area contributed by atoms with Crippen LogP contribution < -0.4 is 0 Å². The molecule has 2 rings (SSSR count). The van der Waals surface area contributed by atoms with Crippen LogP contribution in [0.2, 0.25) is 0 Å². The van der Waals surface area contributed by atoms with Gasteiger partial charge in [0.15, 0.2) is 0 Å². The van der Waals surface area contributed by atoms with E-state index in [1.54, 1.807) is 0 Å². The molecule has 1 fully saturated rings. The van der Waals surface area contributed by atoms with E-state index < -0.39 is 5.97 Å². The minimum atomic E-state index is -0.631. The van der Waals surface area contributed by atoms with Gasteiger partial charge in [0, 0.05) is 32.7 Å². The van der Waals surface area contributed by atoms with Gasteiger partial charge in [0.05, 0.1) is 5.92 Å². The Balaban J connectivity index is 0.00000144. The van der Waals surface area contributed by atoms with Crippen molar-refractivity contribution in [3.8, 4) is 0 Å². The normalized spacial score (nSPS) is 23.8. The summed E-state index contributed by atoms with van der Waals surface area (Å²) in [7, 11) is 0. The molecule has 1 saturated carbocycles. The zero-order valence-electron chi connectivity index (χ0n) is 10.1. The largest absolute Gasteiger partial charge is 0.481 e. The maximum Gasteiger partial charge on any atom is 0.306 e. The first kappa shape index (κ1) is 14.9. The molecule has 1 aliphatic carbocycles. The van der Waals surface area contributed by atoms with E-state index in [9.17, 15) is 4.79 Å². The minimum Gasteiger partial charge on any atom is -0.481 e. The second-order valence-electron chi connectivity index (χ2n) is 4.69. The van der Waals surface area contributed by atoms with Crippen LogP contribution in [0.4, 0.5) is 0 Å². The van der Waals surface area contributed by atoms with Crippen molar-refractivity contribution in [1.82, 2.24) is 0 Å². The molecule has 0 amide bonds. The van der Waals surface area contributed by atoms with Crippen LogP contribution in [-0.4, -0.2) is 11.1 Å². The quantitative estimate of drug-likeness (QED) is 0.852. The van der Waals surface area contributed by atoms with Crippen molar-refractivity contribution in [1.29, 1.82) is 0 Å². The Hall–Kier alpha value is -0.206. The van der Waals surface area contributed by atoms with Crippen LogP contribution >= 0.6 is 0 Å². The van der Waals surface area contributed by atoms with E-state index in [0.717, 1.165) is 31.2 Å². The molecule has 17 heavy (non-hydrogen) atoms. The standard InChI is InChI=1S/C14H17O2.Y/c1-10-2-4-11(5-3-10)12-6-8-13(9-7-12)14(15)16;/h2,4-5,12-13H,6-9H2,1H3,(H,15,16);/q-1;. The molecule has 0 bridgehead atoms. The molecule has 1 aliphatic rings. The average Bonchev–Trinajstić information content (AvgIpc) is 2.30. The van der Waals surface area contributed by atoms with Crippen LogP contribution in [0, 0.1) is 18.9 Å². The molecule has 1 aromatic rings. The fourth-order valence-corrected chi connectivity index (χ4v) is 2.44. The first-order valence-electron chi connectivity index (χ1n) is 5.88. The van der Waals surface area contributed by atoms with Gasteiger partial charge in [-0.05, 0) is 12.8 Å². The summed E-state index contributed by atoms with van der Waals surface area (Å²) in [4.78, 5) is 10.8. The predicted octanol–water partition coefficient (Wildman–Crippen LogP) is 3.15. The Morgan fingerprint density at radius 2 is 1.94 bits per heavy atom. The van der Waals surface area contributed by atoms with Gasteiger partial charge in [0.1, 0.15) is 0 Å². The Morgan fingerprint density at radius 1 is 1.29 bits per heavy atom. The molecular formula is C14H17O2Y-. The van der Waals surface area contributed by atoms with Crippen LogP contribution in [0.3, 0.4) is 0 Å². The third-order valence-corrected chi connectivity index (χ3v) is 3.54. The number of carboxylic acid groups (broad SMARTS) is 1. The summed E-state index contributed by atoms with van der Waals surface area (Å²) in [6.45, 7) is 2.03. The zero-order chi connectivity index (χ0) is 11.5. The summed E-state index contributed by atoms with van der Waals surface area (Å²) >= 11 is 0. The number of aryl methyl sites for hydroxylation is 1. The molecule has 0 aromatic heterocycles. The van der Waals surface area contributed by atoms with Crippen molar-refractivity contribution in [3.63, 3.8) is 0 Å². The van der Waals surface area contributed by atoms with Crippen molar-refractivity contribution in [2.45, 2.75) is 38.5 Å². The second-order valence-corrected chi connectivity index (χ2v) is 4.69. The zero-order valence-corrected chi connectivity index (χ0v) is 13.0. The minimum absolute atomic E-state index is 0. The van der Waals surface area contributed by atoms with E-state index in [1.807, 2.05) is 6.92 Å². The fraction of sp³-hybridized carbons (Fsp3) is 0.500. The third-order valence-electron chi connectivity index (χ3n) is 3.54. The molecule has 0 unspecified atom stereocenters. The van der Waals surface area contributed by atoms with Crippen molar-refractivity contribution >= 4 is 5.97 Å². The van der Waals surface area contributed by atoms with Crippen molar-refractivity contribution < 1.29 is 42.6 Å². The monoisotopic (exact) mass is 306 g/mol. The van der Waals surface area contributed by atoms with Crippen molar-refractivity contribution in [2.75, 3.05) is 0 Å². The number of carbonyl (C=O) groups is 1. The molecule has 3 heteroatoms. The van der Waals surface area contributed by atoms with E-state index in [0.29, 0.717) is 5.92 Å². The molecule has 1 radical (unpaired) electrons. The van der Waals surface area contributed by atoms with Crippen LogP contribution in [-0.2, 0) is 37.5 Å². The molecule has 0 heterocycles. The Morgan fingerprint density at radius 3 is 2.41 bits per heavy atom. The van der Waals surface area contributed by atoms with E-state index in [2.05, 4.69) is 24.3 Å². The van der Waals surface area contributed by atoms with Gasteiger partial charge < -0.3 is 5.11 Å². The summed E-state index contributed by atoms with van der Waals surface area (Å²) < 4.78 is 0. The molecule has 89 valence electrons. The number of aliphatic carboxylic acids is 1. The smallest absolute Gasteiger partial charge is 0.306 e. The van der Waals surface area contributed by atoms with Crippen LogP contribution in [0.1, 0.15) is 42.7 Å². The number of benzene rings is 1. The van der Waals surface area contributed by atoms with Gasteiger partial charge in [0.2, 0.25) is 0 Å². The summed E-state index contributed by atoms with van der Waals surface area (Å²) in [5, 5.41) is 8.93. The predicted molar refractivity (Wildman–Crippen MR) is 62.3 cm³/mol. The van der Waals surface area contributed by atoms with Gasteiger partial charge in [-0.15, -0.1) is 0 Å². The van der Waals surface area contributed by atoms with Gasteiger partial charge in [0.25, 0.3) is 0 Å². The maximum atomic E-state index is 10.8. The van der Waals surface area contributed by atoms with Gasteiger partial charge in [-0.2, -0.15) is 35.4 Å². The van der Waals surface area contributed by atoms with Gasteiger partial charge in [-0.1, -0.05) is 25.7 Å².